The topological polar surface area (TPSA) is 127 Å². The molecule has 0 bridgehead atoms. The lowest BCUT2D eigenvalue weighted by atomic mass is 10.1. The van der Waals surface area contributed by atoms with Crippen molar-refractivity contribution in [3.8, 4) is 0 Å². The van der Waals surface area contributed by atoms with Crippen molar-refractivity contribution in [1.82, 2.24) is 19.1 Å². The highest BCUT2D eigenvalue weighted by Gasteiger charge is 2.25. The summed E-state index contributed by atoms with van der Waals surface area (Å²) in [5.74, 6) is 0.804. The third-order valence-corrected chi connectivity index (χ3v) is 5.75. The van der Waals surface area contributed by atoms with Crippen molar-refractivity contribution in [2.24, 2.45) is 0 Å². The molecule has 1 saturated carbocycles. The lowest BCUT2D eigenvalue weighted by Crippen LogP contribution is -2.43. The van der Waals surface area contributed by atoms with Crippen molar-refractivity contribution < 1.29 is 13.5 Å². The molecule has 148 valence electrons. The maximum atomic E-state index is 12.9. The molecule has 0 saturated heterocycles. The number of hydrogen-bond acceptors (Lipinski definition) is 6. The first-order valence-corrected chi connectivity index (χ1v) is 10.4. The summed E-state index contributed by atoms with van der Waals surface area (Å²) >= 11 is 0. The van der Waals surface area contributed by atoms with Gasteiger partial charge in [-0.3, -0.25) is 9.36 Å². The van der Waals surface area contributed by atoms with E-state index < -0.39 is 21.5 Å². The van der Waals surface area contributed by atoms with Gasteiger partial charge in [0.2, 0.25) is 10.3 Å². The van der Waals surface area contributed by atoms with E-state index >= 15 is 0 Å². The molecule has 1 fully saturated rings. The molecule has 0 aliphatic heterocycles. The first kappa shape index (κ1) is 19.6. The van der Waals surface area contributed by atoms with Gasteiger partial charge in [0.15, 0.2) is 11.2 Å². The fraction of sp³-hybridized carbons (Fsp3) is 0.647. The zero-order valence-electron chi connectivity index (χ0n) is 15.3. The second-order valence-electron chi connectivity index (χ2n) is 6.83. The second-order valence-corrected chi connectivity index (χ2v) is 7.77. The molecule has 3 rings (SSSR count). The lowest BCUT2D eigenvalue weighted by molar-refractivity contribution is 0.291. The van der Waals surface area contributed by atoms with Crippen LogP contribution in [0.15, 0.2) is 9.59 Å². The number of aromatic amines is 1. The number of nitrogens with one attached hydrogen (secondary N) is 1. The number of nitrogens with zero attached hydrogens (tertiary/aromatic N) is 3. The van der Waals surface area contributed by atoms with Crippen LogP contribution in [-0.2, 0) is 16.8 Å². The second kappa shape index (κ2) is 8.22. The van der Waals surface area contributed by atoms with Crippen molar-refractivity contribution in [2.45, 2.75) is 64.3 Å². The molecule has 2 aromatic heterocycles. The molecule has 10 heteroatoms. The standard InChI is InChI=1S/C17H24N4O5S/c1-2-9-20-16(23)13-15(19-14(18-13)11-6-3-4-7-11)21(17(20)24)12(27(25)26)8-5-10-22/h11,22H,2-10H2,1H3,(H,18,19). The van der Waals surface area contributed by atoms with Crippen LogP contribution in [-0.4, -0.2) is 44.2 Å². The van der Waals surface area contributed by atoms with Crippen LogP contribution in [0.4, 0.5) is 0 Å². The van der Waals surface area contributed by atoms with E-state index in [4.69, 9.17) is 5.11 Å². The van der Waals surface area contributed by atoms with Gasteiger partial charge in [0.25, 0.3) is 5.56 Å². The largest absolute Gasteiger partial charge is 0.396 e. The Hall–Kier alpha value is -2.20. The quantitative estimate of drug-likeness (QED) is 0.688. The van der Waals surface area contributed by atoms with Crippen LogP contribution in [0, 0.1) is 0 Å². The number of aliphatic hydroxyl groups is 1. The normalized spacial score (nSPS) is 14.9. The lowest BCUT2D eigenvalue weighted by Gasteiger charge is -2.10. The molecule has 0 unspecified atom stereocenters. The summed E-state index contributed by atoms with van der Waals surface area (Å²) in [6, 6.07) is 0. The van der Waals surface area contributed by atoms with Crippen molar-refractivity contribution in [2.75, 3.05) is 6.61 Å². The number of H-pyrrole nitrogens is 1. The summed E-state index contributed by atoms with van der Waals surface area (Å²) in [6.07, 6.45) is 4.77. The third kappa shape index (κ3) is 3.63. The molecule has 27 heavy (non-hydrogen) atoms. The Morgan fingerprint density at radius 3 is 2.59 bits per heavy atom. The fourth-order valence-electron chi connectivity index (χ4n) is 3.66. The minimum Gasteiger partial charge on any atom is -0.396 e. The molecule has 0 amide bonds. The zero-order valence-corrected chi connectivity index (χ0v) is 16.1. The average Bonchev–Trinajstić information content (AvgIpc) is 3.30. The van der Waals surface area contributed by atoms with Crippen LogP contribution in [0.5, 0.6) is 0 Å². The van der Waals surface area contributed by atoms with E-state index in [2.05, 4.69) is 9.97 Å². The highest BCUT2D eigenvalue weighted by Crippen LogP contribution is 2.32. The SMILES string of the molecule is CCCn1c(=O)c2[nH]c(C3CCCC3)nc2n(C(CCCO)=S(=O)=O)c1=O. The van der Waals surface area contributed by atoms with Crippen LogP contribution < -0.4 is 11.2 Å². The molecule has 0 radical (unpaired) electrons. The maximum Gasteiger partial charge on any atom is 0.337 e. The summed E-state index contributed by atoms with van der Waals surface area (Å²) in [5, 5.41) is 9.08. The van der Waals surface area contributed by atoms with Gasteiger partial charge in [-0.05, 0) is 25.7 Å². The van der Waals surface area contributed by atoms with Crippen molar-refractivity contribution in [1.29, 1.82) is 0 Å². The minimum atomic E-state index is -2.68. The van der Waals surface area contributed by atoms with E-state index in [1.165, 1.54) is 0 Å². The van der Waals surface area contributed by atoms with E-state index in [1.807, 2.05) is 6.92 Å². The van der Waals surface area contributed by atoms with Crippen LogP contribution in [0.1, 0.15) is 63.6 Å². The van der Waals surface area contributed by atoms with Crippen molar-refractivity contribution in [3.63, 3.8) is 0 Å². The molecule has 1 aliphatic rings. The van der Waals surface area contributed by atoms with E-state index in [1.54, 1.807) is 0 Å². The van der Waals surface area contributed by atoms with Crippen molar-refractivity contribution >= 4 is 26.4 Å². The highest BCUT2D eigenvalue weighted by atomic mass is 32.2. The number of hydrogen-bond donors (Lipinski definition) is 2. The molecule has 2 aromatic rings. The van der Waals surface area contributed by atoms with Gasteiger partial charge >= 0.3 is 5.69 Å². The average molecular weight is 396 g/mol. The Bertz CT molecular complexity index is 1080. The Labute approximate surface area is 157 Å². The summed E-state index contributed by atoms with van der Waals surface area (Å²) < 4.78 is 25.7. The van der Waals surface area contributed by atoms with E-state index in [9.17, 15) is 18.0 Å². The van der Waals surface area contributed by atoms with Crippen LogP contribution in [0.25, 0.3) is 11.2 Å². The fourth-order valence-corrected chi connectivity index (χ4v) is 4.29. The van der Waals surface area contributed by atoms with E-state index in [0.29, 0.717) is 12.2 Å². The number of imidazole rings is 1. The van der Waals surface area contributed by atoms with Gasteiger partial charge in [0.05, 0.1) is 0 Å². The Morgan fingerprint density at radius 2 is 2.00 bits per heavy atom. The highest BCUT2D eigenvalue weighted by molar-refractivity contribution is 7.72. The van der Waals surface area contributed by atoms with Gasteiger partial charge in [0.1, 0.15) is 10.8 Å². The Kier molecular flexibility index (Phi) is 5.95. The predicted octanol–water partition coefficient (Wildman–Crippen LogP) is 0.583. The van der Waals surface area contributed by atoms with E-state index in [0.717, 1.165) is 34.8 Å². The first-order chi connectivity index (χ1) is 13.0. The molecule has 2 N–H and O–H groups in total. The summed E-state index contributed by atoms with van der Waals surface area (Å²) in [7, 11) is -2.68. The molecule has 0 atom stereocenters. The van der Waals surface area contributed by atoms with E-state index in [-0.39, 0.29) is 48.1 Å². The molecular weight excluding hydrogens is 372 g/mol. The summed E-state index contributed by atoms with van der Waals surface area (Å²) in [4.78, 5) is 33.1. The summed E-state index contributed by atoms with van der Waals surface area (Å²) in [5.41, 5.74) is -0.993. The zero-order chi connectivity index (χ0) is 19.6. The number of aromatic nitrogens is 4. The minimum absolute atomic E-state index is 0.0163. The molecule has 9 nitrogen and oxygen atoms in total. The van der Waals surface area contributed by atoms with Gasteiger partial charge in [-0.1, -0.05) is 19.8 Å². The Morgan fingerprint density at radius 1 is 1.30 bits per heavy atom. The summed E-state index contributed by atoms with van der Waals surface area (Å²) in [6.45, 7) is 1.81. The molecule has 0 aromatic carbocycles. The monoisotopic (exact) mass is 396 g/mol. The molecular formula is C17H24N4O5S. The van der Waals surface area contributed by atoms with Gasteiger partial charge in [-0.25, -0.2) is 14.3 Å². The van der Waals surface area contributed by atoms with Crippen LogP contribution in [0.2, 0.25) is 0 Å². The smallest absolute Gasteiger partial charge is 0.337 e. The number of fused-ring (bicyclic) bond motifs is 1. The molecule has 1 aliphatic carbocycles. The van der Waals surface area contributed by atoms with Gasteiger partial charge < -0.3 is 10.1 Å². The van der Waals surface area contributed by atoms with Gasteiger partial charge in [-0.2, -0.15) is 8.42 Å². The molecule has 2 heterocycles. The molecule has 0 spiro atoms. The predicted molar refractivity (Wildman–Crippen MR) is 102 cm³/mol. The first-order valence-electron chi connectivity index (χ1n) is 9.31. The number of aliphatic hydroxyl groups excluding tert-OH is 1. The third-order valence-electron chi connectivity index (χ3n) is 4.98. The Balaban J connectivity index is 2.34. The van der Waals surface area contributed by atoms with Gasteiger partial charge in [0, 0.05) is 25.5 Å². The van der Waals surface area contributed by atoms with Gasteiger partial charge in [-0.15, -0.1) is 0 Å². The number of rotatable bonds is 6. The van der Waals surface area contributed by atoms with Crippen molar-refractivity contribution in [3.05, 3.63) is 26.7 Å². The maximum absolute atomic E-state index is 12.9. The van der Waals surface area contributed by atoms with Crippen LogP contribution in [0.3, 0.4) is 0 Å². The van der Waals surface area contributed by atoms with Crippen LogP contribution >= 0.6 is 0 Å².